The van der Waals surface area contributed by atoms with E-state index in [0.717, 1.165) is 51.4 Å². The van der Waals surface area contributed by atoms with Gasteiger partial charge in [0.1, 0.15) is 6.07 Å². The van der Waals surface area contributed by atoms with Gasteiger partial charge in [-0.1, -0.05) is 32.0 Å². The molecule has 4 aromatic heterocycles. The normalized spacial score (nSPS) is 11.3. The highest BCUT2D eigenvalue weighted by atomic mass is 15.3. The zero-order chi connectivity index (χ0) is 22.2. The maximum Gasteiger partial charge on any atom is 0.161 e. The van der Waals surface area contributed by atoms with Crippen molar-refractivity contribution in [2.75, 3.05) is 11.4 Å². The van der Waals surface area contributed by atoms with Crippen LogP contribution in [0.4, 0.5) is 11.5 Å². The van der Waals surface area contributed by atoms with Crippen LogP contribution >= 0.6 is 0 Å². The minimum atomic E-state index is 0.216. The summed E-state index contributed by atoms with van der Waals surface area (Å²) in [4.78, 5) is 14.7. The molecule has 7 nitrogen and oxygen atoms in total. The lowest BCUT2D eigenvalue weighted by molar-refractivity contribution is 0.858. The van der Waals surface area contributed by atoms with Gasteiger partial charge in [0.15, 0.2) is 11.5 Å². The zero-order valence-electron chi connectivity index (χ0n) is 18.2. The van der Waals surface area contributed by atoms with Gasteiger partial charge >= 0.3 is 0 Å². The van der Waals surface area contributed by atoms with E-state index >= 15 is 0 Å². The molecule has 0 bridgehead atoms. The third-order valence-electron chi connectivity index (χ3n) is 5.67. The quantitative estimate of drug-likeness (QED) is 0.409. The number of nitriles is 1. The smallest absolute Gasteiger partial charge is 0.161 e. The molecule has 0 saturated heterocycles. The van der Waals surface area contributed by atoms with Gasteiger partial charge in [0.25, 0.3) is 0 Å². The number of H-pyrrole nitrogens is 1. The van der Waals surface area contributed by atoms with Gasteiger partial charge in [0.05, 0.1) is 16.9 Å². The molecule has 1 N–H and O–H groups in total. The lowest BCUT2D eigenvalue weighted by Gasteiger charge is -2.22. The van der Waals surface area contributed by atoms with Crippen molar-refractivity contribution < 1.29 is 0 Å². The SMILES string of the molecule is CCN(c1nn2ccc(-c3cncc(C#N)c3)nc2c1C(C)C)c1c[nH]c2ccccc12. The van der Waals surface area contributed by atoms with Crippen LogP contribution in [0.15, 0.2) is 61.2 Å². The van der Waals surface area contributed by atoms with E-state index in [9.17, 15) is 5.26 Å². The van der Waals surface area contributed by atoms with Crippen molar-refractivity contribution in [1.82, 2.24) is 24.6 Å². The molecule has 0 aliphatic rings. The number of aromatic amines is 1. The largest absolute Gasteiger partial charge is 0.359 e. The van der Waals surface area contributed by atoms with E-state index < -0.39 is 0 Å². The monoisotopic (exact) mass is 421 g/mol. The Morgan fingerprint density at radius 2 is 2.03 bits per heavy atom. The fourth-order valence-electron chi connectivity index (χ4n) is 4.17. The van der Waals surface area contributed by atoms with Crippen LogP contribution in [0.5, 0.6) is 0 Å². The molecule has 158 valence electrons. The average Bonchev–Trinajstić information content (AvgIpc) is 3.41. The molecule has 5 rings (SSSR count). The molecule has 0 fully saturated rings. The van der Waals surface area contributed by atoms with Crippen LogP contribution in [0.25, 0.3) is 27.8 Å². The first kappa shape index (κ1) is 19.8. The lowest BCUT2D eigenvalue weighted by atomic mass is 10.0. The van der Waals surface area contributed by atoms with Crippen molar-refractivity contribution in [2.45, 2.75) is 26.7 Å². The first-order valence-electron chi connectivity index (χ1n) is 10.7. The van der Waals surface area contributed by atoms with E-state index in [1.54, 1.807) is 12.4 Å². The van der Waals surface area contributed by atoms with Crippen molar-refractivity contribution in [3.05, 3.63) is 72.3 Å². The van der Waals surface area contributed by atoms with Gasteiger partial charge in [-0.3, -0.25) is 4.98 Å². The van der Waals surface area contributed by atoms with Crippen molar-refractivity contribution in [3.8, 4) is 17.3 Å². The fourth-order valence-corrected chi connectivity index (χ4v) is 4.17. The Labute approximate surface area is 186 Å². The van der Waals surface area contributed by atoms with E-state index in [2.05, 4.69) is 59.9 Å². The van der Waals surface area contributed by atoms with Gasteiger partial charge in [-0.25, -0.2) is 9.50 Å². The van der Waals surface area contributed by atoms with E-state index in [4.69, 9.17) is 10.1 Å². The summed E-state index contributed by atoms with van der Waals surface area (Å²) >= 11 is 0. The summed E-state index contributed by atoms with van der Waals surface area (Å²) in [6.07, 6.45) is 7.25. The summed E-state index contributed by atoms with van der Waals surface area (Å²) in [5, 5.41) is 15.3. The van der Waals surface area contributed by atoms with Crippen molar-refractivity contribution in [2.24, 2.45) is 0 Å². The predicted octanol–water partition coefficient (Wildman–Crippen LogP) is 5.43. The van der Waals surface area contributed by atoms with Crippen molar-refractivity contribution >= 4 is 28.1 Å². The summed E-state index contributed by atoms with van der Waals surface area (Å²) in [5.74, 6) is 1.12. The number of nitrogens with one attached hydrogen (secondary N) is 1. The molecular weight excluding hydrogens is 398 g/mol. The highest BCUT2D eigenvalue weighted by Crippen LogP contribution is 2.37. The van der Waals surface area contributed by atoms with Crippen LogP contribution in [-0.4, -0.2) is 31.1 Å². The topological polar surface area (TPSA) is 85.9 Å². The van der Waals surface area contributed by atoms with Crippen LogP contribution in [0.2, 0.25) is 0 Å². The highest BCUT2D eigenvalue weighted by Gasteiger charge is 2.24. The molecule has 0 aliphatic heterocycles. The lowest BCUT2D eigenvalue weighted by Crippen LogP contribution is -2.18. The molecular formula is C25H23N7. The summed E-state index contributed by atoms with van der Waals surface area (Å²) in [6, 6.07) is 14.2. The summed E-state index contributed by atoms with van der Waals surface area (Å²) in [7, 11) is 0. The second-order valence-corrected chi connectivity index (χ2v) is 8.01. The standard InChI is InChI=1S/C25H23N7/c1-4-31(22-15-28-21-8-6-5-7-19(21)22)25-23(16(2)3)24-29-20(9-10-32(24)30-25)18-11-17(12-26)13-27-14-18/h5-11,13-16,28H,4H2,1-3H3. The molecule has 0 unspecified atom stereocenters. The second-order valence-electron chi connectivity index (χ2n) is 8.01. The average molecular weight is 422 g/mol. The summed E-state index contributed by atoms with van der Waals surface area (Å²) in [6.45, 7) is 7.23. The molecule has 32 heavy (non-hydrogen) atoms. The van der Waals surface area contributed by atoms with Crippen LogP contribution in [0.3, 0.4) is 0 Å². The van der Waals surface area contributed by atoms with Crippen molar-refractivity contribution in [3.63, 3.8) is 0 Å². The number of anilines is 2. The minimum absolute atomic E-state index is 0.216. The number of hydrogen-bond donors (Lipinski definition) is 1. The summed E-state index contributed by atoms with van der Waals surface area (Å²) in [5.41, 5.74) is 6.19. The number of aromatic nitrogens is 5. The minimum Gasteiger partial charge on any atom is -0.359 e. The molecule has 0 spiro atoms. The molecule has 0 radical (unpaired) electrons. The number of pyridine rings is 1. The Morgan fingerprint density at radius 3 is 2.81 bits per heavy atom. The van der Waals surface area contributed by atoms with E-state index in [1.807, 2.05) is 35.1 Å². The summed E-state index contributed by atoms with van der Waals surface area (Å²) < 4.78 is 1.84. The number of fused-ring (bicyclic) bond motifs is 2. The molecule has 4 heterocycles. The van der Waals surface area contributed by atoms with E-state index in [-0.39, 0.29) is 5.92 Å². The predicted molar refractivity (Wildman–Crippen MR) is 126 cm³/mol. The number of hydrogen-bond acceptors (Lipinski definition) is 5. The Hall–Kier alpha value is -4.18. The number of rotatable bonds is 5. The van der Waals surface area contributed by atoms with Gasteiger partial charge in [0, 0.05) is 53.4 Å². The molecule has 0 amide bonds. The maximum atomic E-state index is 9.22. The molecule has 7 heteroatoms. The van der Waals surface area contributed by atoms with E-state index in [1.165, 1.54) is 0 Å². The zero-order valence-corrected chi connectivity index (χ0v) is 18.2. The molecule has 0 atom stereocenters. The first-order chi connectivity index (χ1) is 15.6. The van der Waals surface area contributed by atoms with Gasteiger partial charge in [0.2, 0.25) is 0 Å². The Bertz CT molecular complexity index is 1470. The Balaban J connectivity index is 1.69. The Kier molecular flexibility index (Phi) is 4.83. The number of benzene rings is 1. The van der Waals surface area contributed by atoms with Crippen molar-refractivity contribution in [1.29, 1.82) is 5.26 Å². The van der Waals surface area contributed by atoms with Gasteiger partial charge in [-0.15, -0.1) is 5.10 Å². The highest BCUT2D eigenvalue weighted by molar-refractivity contribution is 5.95. The van der Waals surface area contributed by atoms with Crippen LogP contribution in [0, 0.1) is 11.3 Å². The maximum absolute atomic E-state index is 9.22. The molecule has 5 aromatic rings. The number of para-hydroxylation sites is 1. The fraction of sp³-hybridized carbons (Fsp3) is 0.200. The molecule has 0 saturated carbocycles. The first-order valence-corrected chi connectivity index (χ1v) is 10.7. The number of nitrogens with zero attached hydrogens (tertiary/aromatic N) is 6. The van der Waals surface area contributed by atoms with Crippen LogP contribution < -0.4 is 4.90 Å². The second kappa shape index (κ2) is 7.82. The molecule has 0 aliphatic carbocycles. The third-order valence-corrected chi connectivity index (χ3v) is 5.67. The van der Waals surface area contributed by atoms with Gasteiger partial charge in [-0.05, 0) is 31.0 Å². The van der Waals surface area contributed by atoms with Crippen LogP contribution in [-0.2, 0) is 0 Å². The van der Waals surface area contributed by atoms with E-state index in [0.29, 0.717) is 5.56 Å². The third kappa shape index (κ3) is 3.17. The Morgan fingerprint density at radius 1 is 1.19 bits per heavy atom. The van der Waals surface area contributed by atoms with Crippen LogP contribution in [0.1, 0.15) is 37.8 Å². The van der Waals surface area contributed by atoms with Gasteiger partial charge < -0.3 is 9.88 Å². The molecule has 1 aromatic carbocycles. The van der Waals surface area contributed by atoms with Gasteiger partial charge in [-0.2, -0.15) is 5.26 Å².